The molecule has 1 spiro atoms. The first-order valence-corrected chi connectivity index (χ1v) is 14.0. The Labute approximate surface area is 226 Å². The van der Waals surface area contributed by atoms with Gasteiger partial charge in [-0.05, 0) is 54.2 Å². The van der Waals surface area contributed by atoms with Crippen molar-refractivity contribution >= 4 is 35.1 Å². The highest BCUT2D eigenvalue weighted by Gasteiger charge is 2.61. The summed E-state index contributed by atoms with van der Waals surface area (Å²) in [6, 6.07) is 8.14. The number of nitrogens with zero attached hydrogens (tertiary/aromatic N) is 4. The molecule has 2 aliphatic heterocycles. The zero-order valence-electron chi connectivity index (χ0n) is 20.9. The van der Waals surface area contributed by atoms with Crippen LogP contribution in [0.15, 0.2) is 46.0 Å². The predicted octanol–water partition coefficient (Wildman–Crippen LogP) is 5.57. The number of aromatic nitrogens is 4. The maximum absolute atomic E-state index is 12.4. The molecule has 1 saturated carbocycles. The summed E-state index contributed by atoms with van der Waals surface area (Å²) in [4.78, 5) is 15.1. The Morgan fingerprint density at radius 2 is 1.95 bits per heavy atom. The molecule has 3 fully saturated rings. The van der Waals surface area contributed by atoms with Gasteiger partial charge in [0.1, 0.15) is 5.72 Å². The van der Waals surface area contributed by atoms with Crippen LogP contribution < -0.4 is 5.32 Å². The van der Waals surface area contributed by atoms with Crippen molar-refractivity contribution in [3.63, 3.8) is 0 Å². The Morgan fingerprint density at radius 1 is 1.19 bits per heavy atom. The van der Waals surface area contributed by atoms with Gasteiger partial charge < -0.3 is 4.74 Å². The molecule has 2 aromatic rings. The summed E-state index contributed by atoms with van der Waals surface area (Å²) in [5.41, 5.74) is 2.52. The third kappa shape index (κ3) is 4.73. The molecule has 2 N–H and O–H groups in total. The average molecular weight is 543 g/mol. The molecule has 196 valence electrons. The minimum atomic E-state index is -0.298. The number of amides is 1. The first-order valence-electron chi connectivity index (χ1n) is 13.3. The van der Waals surface area contributed by atoms with Crippen molar-refractivity contribution < 1.29 is 9.53 Å². The molecule has 0 bridgehead atoms. The molecule has 10 heteroatoms. The van der Waals surface area contributed by atoms with E-state index < -0.39 is 0 Å². The molecular formula is C27H32Cl2N6O2. The van der Waals surface area contributed by atoms with E-state index in [9.17, 15) is 4.79 Å². The van der Waals surface area contributed by atoms with Gasteiger partial charge in [-0.25, -0.2) is 0 Å². The fourth-order valence-electron chi connectivity index (χ4n) is 6.59. The number of anilines is 1. The van der Waals surface area contributed by atoms with E-state index in [4.69, 9.17) is 27.9 Å². The summed E-state index contributed by atoms with van der Waals surface area (Å²) in [6.07, 6.45) is 10.7. The van der Waals surface area contributed by atoms with Crippen LogP contribution in [0.5, 0.6) is 0 Å². The van der Waals surface area contributed by atoms with Crippen molar-refractivity contribution in [3.8, 4) is 0 Å². The predicted molar refractivity (Wildman–Crippen MR) is 142 cm³/mol. The number of ether oxygens (including phenoxy) is 1. The Bertz CT molecular complexity index is 1200. The molecule has 0 radical (unpaired) electrons. The van der Waals surface area contributed by atoms with Crippen LogP contribution in [-0.4, -0.2) is 56.3 Å². The Morgan fingerprint density at radius 3 is 2.62 bits per heavy atom. The van der Waals surface area contributed by atoms with Crippen LogP contribution in [0.1, 0.15) is 73.7 Å². The molecule has 2 aliphatic carbocycles. The molecule has 1 amide bonds. The third-order valence-corrected chi connectivity index (χ3v) is 9.64. The van der Waals surface area contributed by atoms with E-state index in [1.807, 2.05) is 12.1 Å². The number of carbonyl (C=O) groups excluding carboxylic acids is 1. The first-order chi connectivity index (χ1) is 18.0. The number of rotatable bonds is 6. The van der Waals surface area contributed by atoms with Gasteiger partial charge in [0, 0.05) is 46.0 Å². The molecule has 8 nitrogen and oxygen atoms in total. The van der Waals surface area contributed by atoms with Gasteiger partial charge in [0.2, 0.25) is 0 Å². The second kappa shape index (κ2) is 10.1. The standard InChI is InChI=1S/C27H32Cl2N6O2/c1-16-21(17-7-9-18(10-8-17)25(36)30-26-31-33-34-32-26)14-23(28)22(24(16)29)13-19-11-12-35(27(19)15-37-27)20-5-3-2-4-6-20/h7-10,14,16,19-21H,2-6,11-13,15H2,1H3,(H2,30,31,32,33,34,36). The lowest BCUT2D eigenvalue weighted by Gasteiger charge is -2.36. The maximum atomic E-state index is 12.4. The van der Waals surface area contributed by atoms with Gasteiger partial charge in [0.15, 0.2) is 0 Å². The summed E-state index contributed by atoms with van der Waals surface area (Å²) in [7, 11) is 0. The highest BCUT2D eigenvalue weighted by Crippen LogP contribution is 2.53. The van der Waals surface area contributed by atoms with Crippen molar-refractivity contribution in [1.82, 2.24) is 25.5 Å². The smallest absolute Gasteiger partial charge is 0.270 e. The summed E-state index contributed by atoms with van der Waals surface area (Å²) in [5, 5.41) is 17.4. The van der Waals surface area contributed by atoms with Crippen LogP contribution in [0.4, 0.5) is 5.95 Å². The van der Waals surface area contributed by atoms with Crippen molar-refractivity contribution in [2.45, 2.75) is 69.6 Å². The van der Waals surface area contributed by atoms with E-state index in [-0.39, 0.29) is 29.4 Å². The highest BCUT2D eigenvalue weighted by molar-refractivity contribution is 6.36. The molecule has 37 heavy (non-hydrogen) atoms. The Hall–Kier alpha value is -2.26. The van der Waals surface area contributed by atoms with E-state index in [1.54, 1.807) is 12.1 Å². The van der Waals surface area contributed by atoms with Crippen LogP contribution in [0.2, 0.25) is 0 Å². The lowest BCUT2D eigenvalue weighted by Crippen LogP contribution is -2.45. The molecule has 3 heterocycles. The molecule has 6 rings (SSSR count). The molecule has 1 aromatic heterocycles. The number of H-pyrrole nitrogens is 1. The number of benzene rings is 1. The Kier molecular flexibility index (Phi) is 6.86. The second-order valence-electron chi connectivity index (χ2n) is 10.8. The largest absolute Gasteiger partial charge is 0.353 e. The summed E-state index contributed by atoms with van der Waals surface area (Å²) in [5.74, 6) is 0.378. The minimum Gasteiger partial charge on any atom is -0.353 e. The zero-order valence-corrected chi connectivity index (χ0v) is 22.4. The average Bonchev–Trinajstić information content (AvgIpc) is 3.39. The van der Waals surface area contributed by atoms with Gasteiger partial charge in [-0.3, -0.25) is 15.0 Å². The van der Waals surface area contributed by atoms with Crippen molar-refractivity contribution in [3.05, 3.63) is 57.1 Å². The Balaban J connectivity index is 1.15. The molecule has 4 unspecified atom stereocenters. The number of hydrogen-bond acceptors (Lipinski definition) is 6. The minimum absolute atomic E-state index is 0.0338. The van der Waals surface area contributed by atoms with Gasteiger partial charge >= 0.3 is 0 Å². The van der Waals surface area contributed by atoms with Gasteiger partial charge in [-0.15, -0.1) is 5.10 Å². The van der Waals surface area contributed by atoms with Crippen LogP contribution >= 0.6 is 23.2 Å². The van der Waals surface area contributed by atoms with Gasteiger partial charge in [-0.1, -0.05) is 72.7 Å². The number of nitrogens with one attached hydrogen (secondary N) is 2. The first kappa shape index (κ1) is 25.0. The normalized spacial score (nSPS) is 30.6. The van der Waals surface area contributed by atoms with E-state index in [2.05, 4.69) is 43.8 Å². The number of aromatic amines is 1. The number of hydrogen-bond donors (Lipinski definition) is 2. The third-order valence-electron chi connectivity index (χ3n) is 8.72. The van der Waals surface area contributed by atoms with E-state index in [0.717, 1.165) is 47.2 Å². The fraction of sp³-hybridized carbons (Fsp3) is 0.556. The maximum Gasteiger partial charge on any atom is 0.270 e. The monoisotopic (exact) mass is 542 g/mol. The fourth-order valence-corrected chi connectivity index (χ4v) is 7.26. The van der Waals surface area contributed by atoms with Crippen LogP contribution in [0.25, 0.3) is 0 Å². The number of likely N-dealkylation sites (tertiary alicyclic amines) is 1. The van der Waals surface area contributed by atoms with E-state index in [0.29, 0.717) is 17.5 Å². The lowest BCUT2D eigenvalue weighted by atomic mass is 9.79. The molecule has 4 aliphatic rings. The number of tetrazole rings is 1. The van der Waals surface area contributed by atoms with Crippen LogP contribution in [-0.2, 0) is 4.74 Å². The number of allylic oxidation sites excluding steroid dienone is 4. The molecule has 1 aromatic carbocycles. The number of epoxide rings is 1. The van der Waals surface area contributed by atoms with Gasteiger partial charge in [0.25, 0.3) is 11.9 Å². The van der Waals surface area contributed by atoms with Gasteiger partial charge in [0.05, 0.1) is 6.61 Å². The number of carbonyl (C=O) groups is 1. The van der Waals surface area contributed by atoms with Gasteiger partial charge in [-0.2, -0.15) is 5.21 Å². The molecular weight excluding hydrogens is 511 g/mol. The van der Waals surface area contributed by atoms with E-state index in [1.165, 1.54) is 32.1 Å². The van der Waals surface area contributed by atoms with Crippen molar-refractivity contribution in [2.24, 2.45) is 11.8 Å². The quantitative estimate of drug-likeness (QED) is 0.462. The van der Waals surface area contributed by atoms with E-state index >= 15 is 0 Å². The van der Waals surface area contributed by atoms with Crippen LogP contribution in [0.3, 0.4) is 0 Å². The topological polar surface area (TPSA) is 99.3 Å². The SMILES string of the molecule is CC1C(Cl)=C(CC2CCN(C3CCCCC3)C23CO3)C(Cl)=CC1c1ccc(C(=O)Nc2nn[nH]n2)cc1. The summed E-state index contributed by atoms with van der Waals surface area (Å²) in [6.45, 7) is 4.08. The molecule has 4 atom stereocenters. The zero-order chi connectivity index (χ0) is 25.6. The highest BCUT2D eigenvalue weighted by atomic mass is 35.5. The summed E-state index contributed by atoms with van der Waals surface area (Å²) >= 11 is 13.9. The summed E-state index contributed by atoms with van der Waals surface area (Å²) < 4.78 is 6.18. The number of halogens is 2. The van der Waals surface area contributed by atoms with Crippen LogP contribution in [0, 0.1) is 11.8 Å². The van der Waals surface area contributed by atoms with Crippen molar-refractivity contribution in [2.75, 3.05) is 18.5 Å². The molecule has 2 saturated heterocycles. The second-order valence-corrected chi connectivity index (χ2v) is 11.6. The lowest BCUT2D eigenvalue weighted by molar-refractivity contribution is 0.0364. The van der Waals surface area contributed by atoms with Crippen molar-refractivity contribution in [1.29, 1.82) is 0 Å².